The second-order valence-corrected chi connectivity index (χ2v) is 21.2. The van der Waals surface area contributed by atoms with Gasteiger partial charge < -0.3 is 42.6 Å². The van der Waals surface area contributed by atoms with E-state index in [1.165, 1.54) is 90.3 Å². The van der Waals surface area contributed by atoms with E-state index in [0.29, 0.717) is 77.5 Å². The monoisotopic (exact) mass is 1170 g/mol. The van der Waals surface area contributed by atoms with Crippen molar-refractivity contribution < 1.29 is 47.4 Å². The lowest BCUT2D eigenvalue weighted by molar-refractivity contribution is -0.128. The number of unbranched alkanes of at least 4 members (excludes halogenated alkanes) is 1. The first-order valence-corrected chi connectivity index (χ1v) is 30.7. The zero-order valence-electron chi connectivity index (χ0n) is 52.2. The van der Waals surface area contributed by atoms with Gasteiger partial charge in [0.15, 0.2) is 0 Å². The first-order chi connectivity index (χ1) is 39.6. The Hall–Kier alpha value is -4.25. The second kappa shape index (κ2) is 46.9. The molecule has 0 N–H and O–H groups in total. The van der Waals surface area contributed by atoms with E-state index in [1.54, 1.807) is 50.7 Å². The van der Waals surface area contributed by atoms with Crippen LogP contribution in [0.1, 0.15) is 169 Å². The Kier molecular flexibility index (Phi) is 43.4. The molecule has 0 radical (unpaired) electrons. The maximum absolute atomic E-state index is 9.71. The van der Waals surface area contributed by atoms with Gasteiger partial charge in [0.05, 0.1) is 73.2 Å². The summed E-state index contributed by atoms with van der Waals surface area (Å²) >= 11 is 0. The Labute approximate surface area is 512 Å². The summed E-state index contributed by atoms with van der Waals surface area (Å²) in [5, 5.41) is 0. The molecule has 0 bridgehead atoms. The quantitative estimate of drug-likeness (QED) is 0.0319. The highest BCUT2D eigenvalue weighted by atomic mass is 16.5. The van der Waals surface area contributed by atoms with Crippen molar-refractivity contribution in [2.45, 2.75) is 160 Å². The summed E-state index contributed by atoms with van der Waals surface area (Å²) in [5.41, 5.74) is 16.5. The molecular formula is C71H119N3O10. The first kappa shape index (κ1) is 77.8. The number of carbonyl (C=O) groups excluding carboxylic acids is 1. The van der Waals surface area contributed by atoms with E-state index >= 15 is 0 Å². The van der Waals surface area contributed by atoms with Crippen LogP contribution in [0.15, 0.2) is 72.8 Å². The van der Waals surface area contributed by atoms with E-state index in [4.69, 9.17) is 37.9 Å². The molecule has 0 aliphatic heterocycles. The highest BCUT2D eigenvalue weighted by Crippen LogP contribution is 2.31. The number of fused-ring (bicyclic) bond motifs is 4. The molecule has 478 valence electrons. The molecular weight excluding hydrogens is 1050 g/mol. The minimum atomic E-state index is 0. The van der Waals surface area contributed by atoms with Crippen LogP contribution in [0.5, 0.6) is 5.75 Å². The average Bonchev–Trinajstić information content (AvgIpc) is 3.00. The Morgan fingerprint density at radius 2 is 0.714 bits per heavy atom. The van der Waals surface area contributed by atoms with Gasteiger partial charge in [0.1, 0.15) is 5.75 Å². The standard InChI is InChI=1S/2C17H27NO2.C17H27NO.C9H10O.C8H16O4.3CH4/c2*1-4-18(9-10-20-12-11-19-3)14(2)16-7-5-15-6-8-17(15)13-16;1-4-11-19-12-10-18(5-2)14(3)16-8-6-15-7-9-17(15)13-16;1-10-9-5-4-7-2-3-8(7)6-9;1-10-6-7-11-4-2-3-5-12-8-9;;;/h2*5,7,13-14H,4,6,8-12H2,1-3H3;6,8,13-14H,4-5,7,9-12H2,1-3H3;4-6H,2-3H2,1H3;8H,2-7H2,1H3;3*1H4. The van der Waals surface area contributed by atoms with Gasteiger partial charge >= 0.3 is 0 Å². The van der Waals surface area contributed by atoms with E-state index < -0.39 is 0 Å². The van der Waals surface area contributed by atoms with Crippen molar-refractivity contribution >= 4 is 6.47 Å². The normalized spacial score (nSPS) is 13.6. The molecule has 0 fully saturated rings. The lowest BCUT2D eigenvalue weighted by Gasteiger charge is -2.30. The van der Waals surface area contributed by atoms with Crippen molar-refractivity contribution in [2.75, 3.05) is 147 Å². The fourth-order valence-corrected chi connectivity index (χ4v) is 10.2. The van der Waals surface area contributed by atoms with Crippen LogP contribution in [-0.4, -0.2) is 168 Å². The van der Waals surface area contributed by atoms with E-state index in [-0.39, 0.29) is 22.3 Å². The highest BCUT2D eigenvalue weighted by molar-refractivity contribution is 5.43. The molecule has 4 aromatic carbocycles. The van der Waals surface area contributed by atoms with Crippen molar-refractivity contribution in [1.82, 2.24) is 14.7 Å². The van der Waals surface area contributed by atoms with Crippen LogP contribution < -0.4 is 4.74 Å². The zero-order valence-corrected chi connectivity index (χ0v) is 52.2. The van der Waals surface area contributed by atoms with Crippen LogP contribution in [0, 0.1) is 0 Å². The van der Waals surface area contributed by atoms with Crippen molar-refractivity contribution in [3.05, 3.63) is 134 Å². The summed E-state index contributed by atoms with van der Waals surface area (Å²) in [4.78, 5) is 17.1. The number of likely N-dealkylation sites (N-methyl/N-ethyl adjacent to an activating group) is 3. The average molecular weight is 1170 g/mol. The van der Waals surface area contributed by atoms with Crippen LogP contribution >= 0.6 is 0 Å². The number of hydrogen-bond donors (Lipinski definition) is 0. The number of ether oxygens (including phenoxy) is 9. The molecule has 8 rings (SSSR count). The molecule has 0 amide bonds. The molecule has 0 aromatic heterocycles. The fraction of sp³-hybridized carbons (Fsp3) is 0.648. The summed E-state index contributed by atoms with van der Waals surface area (Å²) < 4.78 is 46.3. The third kappa shape index (κ3) is 27.6. The van der Waals surface area contributed by atoms with Crippen molar-refractivity contribution in [3.8, 4) is 5.75 Å². The smallest absolute Gasteiger partial charge is 0.293 e. The summed E-state index contributed by atoms with van der Waals surface area (Å²) in [6.45, 7) is 30.7. The molecule has 0 spiro atoms. The van der Waals surface area contributed by atoms with Gasteiger partial charge in [-0.25, -0.2) is 0 Å². The summed E-state index contributed by atoms with van der Waals surface area (Å²) in [6.07, 6.45) is 12.9. The molecule has 0 heterocycles. The van der Waals surface area contributed by atoms with Gasteiger partial charge in [-0.2, -0.15) is 0 Å². The third-order valence-electron chi connectivity index (χ3n) is 16.1. The number of carbonyl (C=O) groups is 1. The van der Waals surface area contributed by atoms with Crippen LogP contribution in [-0.2, 0) is 94.1 Å². The number of benzene rings is 4. The Morgan fingerprint density at radius 1 is 0.393 bits per heavy atom. The van der Waals surface area contributed by atoms with Crippen LogP contribution in [0.2, 0.25) is 0 Å². The van der Waals surface area contributed by atoms with Crippen LogP contribution in [0.4, 0.5) is 0 Å². The fourth-order valence-electron chi connectivity index (χ4n) is 10.2. The Morgan fingerprint density at radius 3 is 1.00 bits per heavy atom. The summed E-state index contributed by atoms with van der Waals surface area (Å²) in [7, 11) is 6.76. The number of nitrogens with zero attached hydrogens (tertiary/aromatic N) is 3. The molecule has 3 unspecified atom stereocenters. The van der Waals surface area contributed by atoms with Gasteiger partial charge in [-0.3, -0.25) is 19.5 Å². The lowest BCUT2D eigenvalue weighted by atomic mass is 9.86. The van der Waals surface area contributed by atoms with Gasteiger partial charge in [0.25, 0.3) is 6.47 Å². The van der Waals surface area contributed by atoms with E-state index in [9.17, 15) is 4.79 Å². The minimum Gasteiger partial charge on any atom is -0.497 e. The molecule has 13 heteroatoms. The summed E-state index contributed by atoms with van der Waals surface area (Å²) in [6, 6.07) is 28.7. The largest absolute Gasteiger partial charge is 0.497 e. The van der Waals surface area contributed by atoms with Gasteiger partial charge in [-0.05, 0) is 184 Å². The maximum Gasteiger partial charge on any atom is 0.293 e. The molecule has 4 aliphatic rings. The molecule has 84 heavy (non-hydrogen) atoms. The first-order valence-electron chi connectivity index (χ1n) is 30.7. The van der Waals surface area contributed by atoms with Crippen molar-refractivity contribution in [2.24, 2.45) is 0 Å². The van der Waals surface area contributed by atoms with Crippen molar-refractivity contribution in [1.29, 1.82) is 0 Å². The number of hydrogen-bond acceptors (Lipinski definition) is 13. The van der Waals surface area contributed by atoms with Crippen LogP contribution in [0.3, 0.4) is 0 Å². The van der Waals surface area contributed by atoms with E-state index in [2.05, 4.69) is 135 Å². The Balaban J connectivity index is 0.000000531. The maximum atomic E-state index is 9.71. The van der Waals surface area contributed by atoms with E-state index in [0.717, 1.165) is 90.7 Å². The summed E-state index contributed by atoms with van der Waals surface area (Å²) in [5.74, 6) is 0.985. The van der Waals surface area contributed by atoms with Gasteiger partial charge in [0.2, 0.25) is 0 Å². The Bertz CT molecular complexity index is 2220. The van der Waals surface area contributed by atoms with Crippen molar-refractivity contribution in [3.63, 3.8) is 0 Å². The third-order valence-corrected chi connectivity index (χ3v) is 16.1. The predicted octanol–water partition coefficient (Wildman–Crippen LogP) is 13.6. The van der Waals surface area contributed by atoms with Crippen LogP contribution in [0.25, 0.3) is 0 Å². The van der Waals surface area contributed by atoms with Gasteiger partial charge in [-0.1, -0.05) is 111 Å². The predicted molar refractivity (Wildman–Crippen MR) is 350 cm³/mol. The molecule has 4 aromatic rings. The lowest BCUT2D eigenvalue weighted by Crippen LogP contribution is -2.31. The zero-order chi connectivity index (χ0) is 58.5. The van der Waals surface area contributed by atoms with Gasteiger partial charge in [-0.15, -0.1) is 0 Å². The molecule has 0 saturated carbocycles. The van der Waals surface area contributed by atoms with E-state index in [1.807, 2.05) is 6.07 Å². The number of methoxy groups -OCH3 is 4. The minimum absolute atomic E-state index is 0. The number of rotatable bonds is 36. The molecule has 13 nitrogen and oxygen atoms in total. The highest BCUT2D eigenvalue weighted by Gasteiger charge is 2.22. The number of aryl methyl sites for hydroxylation is 8. The topological polar surface area (TPSA) is 110 Å². The molecule has 0 saturated heterocycles. The van der Waals surface area contributed by atoms with Gasteiger partial charge in [0, 0.05) is 72.3 Å². The SMILES string of the molecule is C.C.C.CCCOCCN(CC)C(C)c1ccc2c(c1)CC2.CCN(CCOCCOC)C(C)c1ccc2c(c1)CC2.CCN(CCOCCOC)C(C)c1ccc2c(c1)CC2.COCCOCCCCOC=O.COc1ccc2c(c1)CC2. The molecule has 4 aliphatic carbocycles. The second-order valence-electron chi connectivity index (χ2n) is 21.2. The molecule has 3 atom stereocenters.